The van der Waals surface area contributed by atoms with Crippen LogP contribution in [0.15, 0.2) is 65.7 Å². The number of nitrogens with zero attached hydrogens (tertiary/aromatic N) is 1. The van der Waals surface area contributed by atoms with Gasteiger partial charge in [-0.3, -0.25) is 0 Å². The van der Waals surface area contributed by atoms with Gasteiger partial charge in [0, 0.05) is 0 Å². The van der Waals surface area contributed by atoms with Crippen LogP contribution in [0.2, 0.25) is 0 Å². The van der Waals surface area contributed by atoms with Crippen LogP contribution in [-0.2, 0) is 10.0 Å². The lowest BCUT2D eigenvalue weighted by Gasteiger charge is -2.12. The topological polar surface area (TPSA) is 39.1 Å². The van der Waals surface area contributed by atoms with Crippen molar-refractivity contribution < 1.29 is 21.4 Å². The Morgan fingerprint density at radius 3 is 2.09 bits per heavy atom. The molecule has 1 aromatic heterocycles. The lowest BCUT2D eigenvalue weighted by molar-refractivity contribution is 0.501. The fraction of sp³-hybridized carbons (Fsp3) is 0. The maximum Gasteiger partial charge on any atom is 0.511 e. The Bertz CT molecular complexity index is 934. The molecule has 0 radical (unpaired) electrons. The smallest absolute Gasteiger partial charge is 0.445 e. The molecule has 0 aliphatic carbocycles. The van der Waals surface area contributed by atoms with E-state index in [0.29, 0.717) is 10.2 Å². The minimum absolute atomic E-state index is 0.0144. The monoisotopic (exact) mass is 324 g/mol. The van der Waals surface area contributed by atoms with Crippen LogP contribution in [0.4, 0.5) is 12.9 Å². The average Bonchev–Trinajstić information content (AvgIpc) is 2.88. The maximum absolute atomic E-state index is 13.2. The summed E-state index contributed by atoms with van der Waals surface area (Å²) in [5, 5.41) is -0.116. The third kappa shape index (κ3) is 2.29. The average molecular weight is 324 g/mol. The number of hydrogen-bond donors (Lipinski definition) is 0. The van der Waals surface area contributed by atoms with Gasteiger partial charge in [0.1, 0.15) is 0 Å². The third-order valence-corrected chi connectivity index (χ3v) is 5.05. The molecule has 1 heterocycles. The van der Waals surface area contributed by atoms with E-state index in [9.17, 15) is 21.4 Å². The zero-order valence-electron chi connectivity index (χ0n) is 11.2. The fourth-order valence-electron chi connectivity index (χ4n) is 2.34. The van der Waals surface area contributed by atoms with E-state index in [1.165, 1.54) is 48.5 Å². The van der Waals surface area contributed by atoms with Crippen molar-refractivity contribution in [3.8, 4) is 0 Å². The Morgan fingerprint density at radius 2 is 1.45 bits per heavy atom. The van der Waals surface area contributed by atoms with E-state index in [1.807, 2.05) is 0 Å². The van der Waals surface area contributed by atoms with Crippen LogP contribution in [0.25, 0.3) is 10.9 Å². The van der Waals surface area contributed by atoms with Crippen molar-refractivity contribution in [2.75, 3.05) is 0 Å². The molecule has 0 N–H and O–H groups in total. The largest absolute Gasteiger partial charge is 0.511 e. The molecule has 2 aromatic carbocycles. The molecule has 8 heteroatoms. The normalized spacial score (nSPS) is 12.7. The van der Waals surface area contributed by atoms with E-state index >= 15 is 0 Å². The second kappa shape index (κ2) is 4.91. The zero-order chi connectivity index (χ0) is 16.0. The Hall–Kier alpha value is -2.22. The Morgan fingerprint density at radius 1 is 0.864 bits per heavy atom. The van der Waals surface area contributed by atoms with Gasteiger partial charge >= 0.3 is 6.98 Å². The highest BCUT2D eigenvalue weighted by Gasteiger charge is 2.31. The van der Waals surface area contributed by atoms with Gasteiger partial charge in [-0.15, -0.1) is 0 Å². The van der Waals surface area contributed by atoms with Gasteiger partial charge in [-0.2, -0.15) is 0 Å². The third-order valence-electron chi connectivity index (χ3n) is 3.36. The molecular formula is C14H10BF3NO2S-. The summed E-state index contributed by atoms with van der Waals surface area (Å²) in [5.41, 5.74) is -0.893. The van der Waals surface area contributed by atoms with Crippen LogP contribution >= 0.6 is 0 Å². The lowest BCUT2D eigenvalue weighted by Crippen LogP contribution is -2.33. The van der Waals surface area contributed by atoms with Crippen LogP contribution < -0.4 is 5.46 Å². The van der Waals surface area contributed by atoms with Gasteiger partial charge in [0.25, 0.3) is 10.0 Å². The van der Waals surface area contributed by atoms with Crippen molar-refractivity contribution in [1.29, 1.82) is 0 Å². The minimum atomic E-state index is -5.31. The van der Waals surface area contributed by atoms with E-state index in [0.717, 1.165) is 0 Å². The van der Waals surface area contributed by atoms with Crippen LogP contribution in [0, 0.1) is 0 Å². The minimum Gasteiger partial charge on any atom is -0.445 e. The van der Waals surface area contributed by atoms with E-state index in [4.69, 9.17) is 0 Å². The van der Waals surface area contributed by atoms with Crippen molar-refractivity contribution in [2.45, 2.75) is 4.90 Å². The maximum atomic E-state index is 13.2. The quantitative estimate of drug-likeness (QED) is 0.695. The van der Waals surface area contributed by atoms with Crippen LogP contribution in [-0.4, -0.2) is 19.4 Å². The number of hydrogen-bond acceptors (Lipinski definition) is 2. The first kappa shape index (κ1) is 14.7. The zero-order valence-corrected chi connectivity index (χ0v) is 12.0. The molecule has 3 nitrogen and oxygen atoms in total. The molecule has 0 fully saturated rings. The van der Waals surface area contributed by atoms with Gasteiger partial charge < -0.3 is 12.9 Å². The number of benzene rings is 2. The van der Waals surface area contributed by atoms with Crippen molar-refractivity contribution in [3.05, 3.63) is 60.8 Å². The highest BCUT2D eigenvalue weighted by Crippen LogP contribution is 2.24. The standard InChI is InChI=1S/C14H10BF3NO2S/c16-15(17,18)13-10-19(14-9-5-4-8-12(13)14)22(20,21)11-6-2-1-3-7-11/h1-10H/q-1. The Kier molecular flexibility index (Phi) is 3.28. The number of halogens is 3. The lowest BCUT2D eigenvalue weighted by atomic mass is 9.80. The fourth-order valence-corrected chi connectivity index (χ4v) is 3.74. The molecule has 0 aliphatic heterocycles. The highest BCUT2D eigenvalue weighted by molar-refractivity contribution is 7.90. The van der Waals surface area contributed by atoms with Crippen LogP contribution in [0.5, 0.6) is 0 Å². The summed E-state index contributed by atoms with van der Waals surface area (Å²) in [7, 11) is -4.08. The molecule has 0 saturated heterocycles. The summed E-state index contributed by atoms with van der Waals surface area (Å²) in [4.78, 5) is -0.0584. The first-order valence-corrected chi connectivity index (χ1v) is 7.86. The second-order valence-corrected chi connectivity index (χ2v) is 6.61. The molecule has 0 spiro atoms. The summed E-state index contributed by atoms with van der Waals surface area (Å²) < 4.78 is 65.4. The molecule has 22 heavy (non-hydrogen) atoms. The second-order valence-electron chi connectivity index (χ2n) is 4.79. The van der Waals surface area contributed by atoms with Crippen LogP contribution in [0.3, 0.4) is 0 Å². The van der Waals surface area contributed by atoms with Gasteiger partial charge in [-0.1, -0.05) is 41.9 Å². The van der Waals surface area contributed by atoms with E-state index < -0.39 is 22.5 Å². The first-order valence-electron chi connectivity index (χ1n) is 6.42. The Balaban J connectivity index is 2.33. The molecule has 3 rings (SSSR count). The summed E-state index contributed by atoms with van der Waals surface area (Å²) in [6, 6.07) is 13.0. The Labute approximate surface area is 125 Å². The number of para-hydroxylation sites is 1. The molecule has 114 valence electrons. The predicted molar refractivity (Wildman–Crippen MR) is 79.7 cm³/mol. The van der Waals surface area contributed by atoms with Gasteiger partial charge in [0.15, 0.2) is 0 Å². The van der Waals surface area contributed by atoms with Crippen LogP contribution in [0.1, 0.15) is 0 Å². The van der Waals surface area contributed by atoms with Gasteiger partial charge in [0.2, 0.25) is 0 Å². The summed E-state index contributed by atoms with van der Waals surface area (Å²) in [6.45, 7) is -5.31. The van der Waals surface area contributed by atoms with Crippen molar-refractivity contribution in [1.82, 2.24) is 3.97 Å². The van der Waals surface area contributed by atoms with Gasteiger partial charge in [-0.25, -0.2) is 12.4 Å². The number of fused-ring (bicyclic) bond motifs is 1. The van der Waals surface area contributed by atoms with E-state index in [1.54, 1.807) is 6.07 Å². The molecule has 0 bridgehead atoms. The molecule has 0 saturated carbocycles. The molecule has 3 aromatic rings. The highest BCUT2D eigenvalue weighted by atomic mass is 32.2. The molecule has 0 amide bonds. The van der Waals surface area contributed by atoms with Crippen molar-refractivity contribution >= 4 is 33.4 Å². The number of rotatable bonds is 3. The van der Waals surface area contributed by atoms with Gasteiger partial charge in [-0.05, 0) is 29.8 Å². The molecular weight excluding hydrogens is 314 g/mol. The summed E-state index contributed by atoms with van der Waals surface area (Å²) >= 11 is 0. The molecule has 0 aliphatic rings. The number of aromatic nitrogens is 1. The van der Waals surface area contributed by atoms with Crippen molar-refractivity contribution in [3.63, 3.8) is 0 Å². The van der Waals surface area contributed by atoms with Crippen molar-refractivity contribution in [2.24, 2.45) is 0 Å². The van der Waals surface area contributed by atoms with Gasteiger partial charge in [0.05, 0.1) is 10.4 Å². The predicted octanol–water partition coefficient (Wildman–Crippen LogP) is 2.93. The summed E-state index contributed by atoms with van der Waals surface area (Å²) in [6.07, 6.45) is 0.660. The summed E-state index contributed by atoms with van der Waals surface area (Å²) in [5.74, 6) is 0. The molecule has 0 atom stereocenters. The molecule has 0 unspecified atom stereocenters. The van der Waals surface area contributed by atoms with E-state index in [2.05, 4.69) is 0 Å². The van der Waals surface area contributed by atoms with E-state index in [-0.39, 0.29) is 15.8 Å². The first-order chi connectivity index (χ1) is 10.3. The SMILES string of the molecule is O=S(=O)(c1ccccc1)n1cc([B-](F)(F)F)c2ccccc21.